The zero-order valence-corrected chi connectivity index (χ0v) is 12.1. The van der Waals surface area contributed by atoms with Gasteiger partial charge in [0.05, 0.1) is 5.92 Å². The first kappa shape index (κ1) is 15.1. The zero-order valence-electron chi connectivity index (χ0n) is 12.1. The highest BCUT2D eigenvalue weighted by Gasteiger charge is 2.30. The van der Waals surface area contributed by atoms with E-state index in [1.54, 1.807) is 0 Å². The quantitative estimate of drug-likeness (QED) is 0.715. The molecule has 2 fully saturated rings. The lowest BCUT2D eigenvalue weighted by Gasteiger charge is -2.29. The van der Waals surface area contributed by atoms with Gasteiger partial charge in [0.25, 0.3) is 0 Å². The first-order chi connectivity index (χ1) is 9.54. The molecule has 3 atom stereocenters. The van der Waals surface area contributed by atoms with Crippen LogP contribution in [0.15, 0.2) is 0 Å². The number of nitrogens with zero attached hydrogens (tertiary/aromatic N) is 1. The number of carboxylic acids is 1. The molecule has 20 heavy (non-hydrogen) atoms. The second-order valence-corrected chi connectivity index (χ2v) is 6.17. The molecule has 0 aromatic carbocycles. The molecule has 1 heterocycles. The molecule has 0 spiro atoms. The number of carbonyl (C=O) groups is 2. The Morgan fingerprint density at radius 2 is 2.10 bits per heavy atom. The molecular formula is C14H25N3O3. The Labute approximate surface area is 119 Å². The van der Waals surface area contributed by atoms with Crippen LogP contribution >= 0.6 is 0 Å². The highest BCUT2D eigenvalue weighted by atomic mass is 16.4. The van der Waals surface area contributed by atoms with Crippen molar-refractivity contribution in [2.24, 2.45) is 11.8 Å². The van der Waals surface area contributed by atoms with E-state index in [9.17, 15) is 9.59 Å². The molecule has 2 aliphatic rings. The summed E-state index contributed by atoms with van der Waals surface area (Å²) < 4.78 is 0. The second kappa shape index (κ2) is 6.92. The van der Waals surface area contributed by atoms with Crippen molar-refractivity contribution in [2.75, 3.05) is 26.7 Å². The summed E-state index contributed by atoms with van der Waals surface area (Å²) in [7, 11) is 2.11. The van der Waals surface area contributed by atoms with Gasteiger partial charge < -0.3 is 20.6 Å². The summed E-state index contributed by atoms with van der Waals surface area (Å²) in [6.45, 7) is 2.87. The molecular weight excluding hydrogens is 258 g/mol. The summed E-state index contributed by atoms with van der Waals surface area (Å²) in [5.74, 6) is -0.526. The van der Waals surface area contributed by atoms with Gasteiger partial charge in [-0.15, -0.1) is 0 Å². The van der Waals surface area contributed by atoms with Crippen molar-refractivity contribution in [2.45, 2.75) is 38.1 Å². The number of hydrogen-bond donors (Lipinski definition) is 3. The molecule has 0 aromatic heterocycles. The van der Waals surface area contributed by atoms with Crippen LogP contribution in [0.4, 0.5) is 4.79 Å². The summed E-state index contributed by atoms with van der Waals surface area (Å²) in [6.07, 6.45) is 4.32. The van der Waals surface area contributed by atoms with Crippen molar-refractivity contribution < 1.29 is 14.7 Å². The fourth-order valence-corrected chi connectivity index (χ4v) is 3.25. The Morgan fingerprint density at radius 1 is 1.30 bits per heavy atom. The predicted molar refractivity (Wildman–Crippen MR) is 75.5 cm³/mol. The zero-order chi connectivity index (χ0) is 14.5. The second-order valence-electron chi connectivity index (χ2n) is 6.17. The van der Waals surface area contributed by atoms with Crippen LogP contribution in [0.5, 0.6) is 0 Å². The number of hydrogen-bond acceptors (Lipinski definition) is 3. The van der Waals surface area contributed by atoms with Crippen LogP contribution in [0.3, 0.4) is 0 Å². The third-order valence-corrected chi connectivity index (χ3v) is 4.39. The monoisotopic (exact) mass is 283 g/mol. The lowest BCUT2D eigenvalue weighted by Crippen LogP contribution is -2.45. The Bertz CT molecular complexity index is 362. The van der Waals surface area contributed by atoms with E-state index in [1.165, 1.54) is 6.42 Å². The average molecular weight is 283 g/mol. The molecule has 0 radical (unpaired) electrons. The standard InChI is InChI=1S/C14H25N3O3/c1-17-6-2-3-10(9-17)8-15-14(20)16-12-5-4-11(7-12)13(18)19/h10-12H,2-9H2,1H3,(H,18,19)(H2,15,16,20)/t10?,11-,12+/m1/s1. The van der Waals surface area contributed by atoms with Gasteiger partial charge in [0.15, 0.2) is 0 Å². The number of aliphatic carboxylic acids is 1. The van der Waals surface area contributed by atoms with Crippen LogP contribution in [0, 0.1) is 11.8 Å². The minimum atomic E-state index is -0.750. The lowest BCUT2D eigenvalue weighted by atomic mass is 9.99. The number of carboxylic acid groups (broad SMARTS) is 1. The van der Waals surface area contributed by atoms with Crippen molar-refractivity contribution in [3.63, 3.8) is 0 Å². The van der Waals surface area contributed by atoms with E-state index in [4.69, 9.17) is 5.11 Å². The molecule has 1 saturated carbocycles. The summed E-state index contributed by atoms with van der Waals surface area (Å²) in [6, 6.07) is -0.153. The first-order valence-electron chi connectivity index (χ1n) is 7.50. The predicted octanol–water partition coefficient (Wildman–Crippen LogP) is 0.881. The number of urea groups is 1. The topological polar surface area (TPSA) is 81.7 Å². The lowest BCUT2D eigenvalue weighted by molar-refractivity contribution is -0.141. The fourth-order valence-electron chi connectivity index (χ4n) is 3.25. The van der Waals surface area contributed by atoms with E-state index >= 15 is 0 Å². The molecule has 6 nitrogen and oxygen atoms in total. The summed E-state index contributed by atoms with van der Waals surface area (Å²) >= 11 is 0. The molecule has 2 rings (SSSR count). The maximum Gasteiger partial charge on any atom is 0.315 e. The van der Waals surface area contributed by atoms with Crippen molar-refractivity contribution in [1.82, 2.24) is 15.5 Å². The largest absolute Gasteiger partial charge is 0.481 e. The van der Waals surface area contributed by atoms with Crippen LogP contribution in [-0.2, 0) is 4.79 Å². The normalized spacial score (nSPS) is 30.9. The van der Waals surface area contributed by atoms with Crippen LogP contribution in [0.25, 0.3) is 0 Å². The molecule has 1 unspecified atom stereocenters. The molecule has 0 aromatic rings. The summed E-state index contributed by atoms with van der Waals surface area (Å²) in [5, 5.41) is 14.7. The highest BCUT2D eigenvalue weighted by Crippen LogP contribution is 2.25. The van der Waals surface area contributed by atoms with Crippen LogP contribution in [-0.4, -0.2) is 54.7 Å². The first-order valence-corrected chi connectivity index (χ1v) is 7.50. The maximum atomic E-state index is 11.8. The van der Waals surface area contributed by atoms with Crippen LogP contribution in [0.1, 0.15) is 32.1 Å². The van der Waals surface area contributed by atoms with Gasteiger partial charge in [-0.3, -0.25) is 4.79 Å². The third-order valence-electron chi connectivity index (χ3n) is 4.39. The molecule has 1 saturated heterocycles. The molecule has 0 bridgehead atoms. The number of likely N-dealkylation sites (tertiary alicyclic amines) is 1. The van der Waals surface area contributed by atoms with Gasteiger partial charge in [0.1, 0.15) is 0 Å². The maximum absolute atomic E-state index is 11.8. The highest BCUT2D eigenvalue weighted by molar-refractivity contribution is 5.75. The number of carbonyl (C=O) groups excluding carboxylic acids is 1. The average Bonchev–Trinajstić information content (AvgIpc) is 2.85. The third kappa shape index (κ3) is 4.37. The number of rotatable bonds is 4. The Balaban J connectivity index is 1.64. The van der Waals surface area contributed by atoms with Crippen molar-refractivity contribution in [1.29, 1.82) is 0 Å². The molecule has 1 aliphatic carbocycles. The van der Waals surface area contributed by atoms with Gasteiger partial charge in [0, 0.05) is 19.1 Å². The number of amides is 2. The molecule has 3 N–H and O–H groups in total. The van der Waals surface area contributed by atoms with Crippen molar-refractivity contribution >= 4 is 12.0 Å². The molecule has 114 valence electrons. The van der Waals surface area contributed by atoms with Crippen LogP contribution < -0.4 is 10.6 Å². The van der Waals surface area contributed by atoms with E-state index in [2.05, 4.69) is 22.6 Å². The molecule has 6 heteroatoms. The number of nitrogens with one attached hydrogen (secondary N) is 2. The van der Waals surface area contributed by atoms with E-state index in [1.807, 2.05) is 0 Å². The molecule has 2 amide bonds. The summed E-state index contributed by atoms with van der Waals surface area (Å²) in [5.41, 5.74) is 0. The van der Waals surface area contributed by atoms with Gasteiger partial charge >= 0.3 is 12.0 Å². The minimum Gasteiger partial charge on any atom is -0.481 e. The Hall–Kier alpha value is -1.30. The number of piperidine rings is 1. The van der Waals surface area contributed by atoms with Gasteiger partial charge in [-0.05, 0) is 51.6 Å². The summed E-state index contributed by atoms with van der Waals surface area (Å²) in [4.78, 5) is 25.0. The Morgan fingerprint density at radius 3 is 2.75 bits per heavy atom. The van der Waals surface area contributed by atoms with Crippen molar-refractivity contribution in [3.8, 4) is 0 Å². The minimum absolute atomic E-state index is 0.00475. The Kier molecular flexibility index (Phi) is 5.23. The van der Waals surface area contributed by atoms with Crippen LogP contribution in [0.2, 0.25) is 0 Å². The van der Waals surface area contributed by atoms with Crippen molar-refractivity contribution in [3.05, 3.63) is 0 Å². The van der Waals surface area contributed by atoms with E-state index < -0.39 is 5.97 Å². The smallest absolute Gasteiger partial charge is 0.315 e. The van der Waals surface area contributed by atoms with Gasteiger partial charge in [0.2, 0.25) is 0 Å². The SMILES string of the molecule is CN1CCCC(CNC(=O)N[C@H]2CC[C@@H](C(=O)O)C2)C1. The van der Waals surface area contributed by atoms with Gasteiger partial charge in [-0.2, -0.15) is 0 Å². The van der Waals surface area contributed by atoms with E-state index in [0.29, 0.717) is 25.3 Å². The fraction of sp³-hybridized carbons (Fsp3) is 0.857. The van der Waals surface area contributed by atoms with E-state index in [-0.39, 0.29) is 18.0 Å². The van der Waals surface area contributed by atoms with Gasteiger partial charge in [-0.1, -0.05) is 0 Å². The molecule has 1 aliphatic heterocycles. The van der Waals surface area contributed by atoms with E-state index in [0.717, 1.165) is 25.9 Å². The van der Waals surface area contributed by atoms with Gasteiger partial charge in [-0.25, -0.2) is 4.79 Å².